The van der Waals surface area contributed by atoms with Gasteiger partial charge in [-0.25, -0.2) is 0 Å². The summed E-state index contributed by atoms with van der Waals surface area (Å²) in [5, 5.41) is 0. The molecule has 0 saturated heterocycles. The van der Waals surface area contributed by atoms with Gasteiger partial charge in [0, 0.05) is 11.3 Å². The Labute approximate surface area is 87.6 Å². The van der Waals surface area contributed by atoms with Gasteiger partial charge in [-0.15, -0.1) is 0 Å². The molecule has 0 N–H and O–H groups in total. The molecule has 0 aliphatic heterocycles. The summed E-state index contributed by atoms with van der Waals surface area (Å²) < 4.78 is 0. The Morgan fingerprint density at radius 1 is 1.43 bits per heavy atom. The van der Waals surface area contributed by atoms with Gasteiger partial charge in [0.1, 0.15) is 5.78 Å². The van der Waals surface area contributed by atoms with E-state index in [0.29, 0.717) is 11.7 Å². The summed E-state index contributed by atoms with van der Waals surface area (Å²) in [6.45, 7) is 10.4. The van der Waals surface area contributed by atoms with Crippen LogP contribution >= 0.6 is 0 Å². The van der Waals surface area contributed by atoms with Gasteiger partial charge >= 0.3 is 0 Å². The van der Waals surface area contributed by atoms with Gasteiger partial charge in [-0.1, -0.05) is 39.3 Å². The van der Waals surface area contributed by atoms with E-state index in [1.165, 1.54) is 5.57 Å². The number of carbonyl (C=O) groups excluding carboxylic acids is 1. The van der Waals surface area contributed by atoms with E-state index >= 15 is 0 Å². The maximum atomic E-state index is 12.1. The van der Waals surface area contributed by atoms with Crippen LogP contribution < -0.4 is 0 Å². The number of ketones is 1. The van der Waals surface area contributed by atoms with Crippen LogP contribution in [0.5, 0.6) is 0 Å². The topological polar surface area (TPSA) is 17.1 Å². The first-order valence-electron chi connectivity index (χ1n) is 5.54. The lowest BCUT2D eigenvalue weighted by Gasteiger charge is -2.31. The van der Waals surface area contributed by atoms with E-state index in [4.69, 9.17) is 0 Å². The van der Waals surface area contributed by atoms with Crippen LogP contribution in [0.3, 0.4) is 0 Å². The molecule has 0 aromatic rings. The molecule has 1 aliphatic rings. The Kier molecular flexibility index (Phi) is 3.18. The maximum absolute atomic E-state index is 12.1. The molecule has 0 heterocycles. The van der Waals surface area contributed by atoms with Crippen molar-refractivity contribution in [3.05, 3.63) is 11.6 Å². The Balaban J connectivity index is 2.77. The molecule has 0 saturated carbocycles. The van der Waals surface area contributed by atoms with Crippen molar-refractivity contribution in [2.45, 2.75) is 47.5 Å². The smallest absolute Gasteiger partial charge is 0.141 e. The van der Waals surface area contributed by atoms with Crippen molar-refractivity contribution in [3.8, 4) is 0 Å². The van der Waals surface area contributed by atoms with Crippen LogP contribution in [0.2, 0.25) is 0 Å². The summed E-state index contributed by atoms with van der Waals surface area (Å²) in [6, 6.07) is 0. The molecule has 0 aromatic carbocycles. The molecule has 80 valence electrons. The van der Waals surface area contributed by atoms with Crippen molar-refractivity contribution in [2.24, 2.45) is 17.3 Å². The monoisotopic (exact) mass is 194 g/mol. The van der Waals surface area contributed by atoms with Crippen molar-refractivity contribution in [2.75, 3.05) is 0 Å². The van der Waals surface area contributed by atoms with Crippen molar-refractivity contribution in [1.29, 1.82) is 0 Å². The van der Waals surface area contributed by atoms with Crippen LogP contribution in [0.1, 0.15) is 47.5 Å². The Bertz CT molecular complexity index is 255. The number of rotatable bonds is 1. The second-order valence-corrected chi connectivity index (χ2v) is 5.63. The fraction of sp³-hybridized carbons (Fsp3) is 0.769. The second kappa shape index (κ2) is 3.88. The van der Waals surface area contributed by atoms with Gasteiger partial charge in [-0.2, -0.15) is 0 Å². The average molecular weight is 194 g/mol. The summed E-state index contributed by atoms with van der Waals surface area (Å²) >= 11 is 0. The third-order valence-corrected chi connectivity index (χ3v) is 3.11. The zero-order valence-electron chi connectivity index (χ0n) is 10.1. The summed E-state index contributed by atoms with van der Waals surface area (Å²) in [7, 11) is 0. The molecule has 0 fully saturated rings. The van der Waals surface area contributed by atoms with E-state index in [2.05, 4.69) is 19.9 Å². The Morgan fingerprint density at radius 3 is 2.43 bits per heavy atom. The minimum absolute atomic E-state index is 0.183. The molecule has 0 unspecified atom stereocenters. The van der Waals surface area contributed by atoms with Crippen molar-refractivity contribution in [1.82, 2.24) is 0 Å². The second-order valence-electron chi connectivity index (χ2n) is 5.63. The van der Waals surface area contributed by atoms with Gasteiger partial charge in [-0.3, -0.25) is 4.79 Å². The molecular formula is C13H22O. The molecule has 0 aromatic heterocycles. The fourth-order valence-corrected chi connectivity index (χ4v) is 2.22. The van der Waals surface area contributed by atoms with Gasteiger partial charge in [-0.05, 0) is 25.7 Å². The average Bonchev–Trinajstić information content (AvgIpc) is 2.01. The number of allylic oxidation sites excluding steroid dienone is 2. The van der Waals surface area contributed by atoms with E-state index in [1.54, 1.807) is 0 Å². The molecule has 14 heavy (non-hydrogen) atoms. The largest absolute Gasteiger partial charge is 0.299 e. The van der Waals surface area contributed by atoms with Crippen molar-refractivity contribution >= 4 is 5.78 Å². The first kappa shape index (κ1) is 11.5. The molecule has 1 nitrogen and oxygen atoms in total. The molecule has 1 rings (SSSR count). The Hall–Kier alpha value is -0.590. The molecule has 0 bridgehead atoms. The molecular weight excluding hydrogens is 172 g/mol. The van der Waals surface area contributed by atoms with Crippen molar-refractivity contribution in [3.63, 3.8) is 0 Å². The molecule has 0 amide bonds. The summed E-state index contributed by atoms with van der Waals surface area (Å²) in [4.78, 5) is 12.1. The zero-order valence-corrected chi connectivity index (χ0v) is 10.1. The van der Waals surface area contributed by atoms with Crippen LogP contribution in [0.15, 0.2) is 11.6 Å². The Morgan fingerprint density at radius 2 is 2.00 bits per heavy atom. The van der Waals surface area contributed by atoms with Crippen molar-refractivity contribution < 1.29 is 4.79 Å². The summed E-state index contributed by atoms with van der Waals surface area (Å²) in [6.07, 6.45) is 4.40. The number of hydrogen-bond acceptors (Lipinski definition) is 1. The van der Waals surface area contributed by atoms with Crippen LogP contribution in [0.4, 0.5) is 0 Å². The normalized spacial score (nSPS) is 28.5. The van der Waals surface area contributed by atoms with Gasteiger partial charge in [0.25, 0.3) is 0 Å². The predicted molar refractivity (Wildman–Crippen MR) is 60.1 cm³/mol. The summed E-state index contributed by atoms with van der Waals surface area (Å²) in [5.74, 6) is 1.10. The highest BCUT2D eigenvalue weighted by Crippen LogP contribution is 2.34. The van der Waals surface area contributed by atoms with Gasteiger partial charge in [0.05, 0.1) is 0 Å². The molecule has 0 radical (unpaired) electrons. The van der Waals surface area contributed by atoms with E-state index in [9.17, 15) is 4.79 Å². The first-order valence-corrected chi connectivity index (χ1v) is 5.54. The van der Waals surface area contributed by atoms with E-state index in [-0.39, 0.29) is 11.3 Å². The van der Waals surface area contributed by atoms with Gasteiger partial charge in [0.2, 0.25) is 0 Å². The van der Waals surface area contributed by atoms with Crippen LogP contribution in [0, 0.1) is 17.3 Å². The van der Waals surface area contributed by atoms with Crippen LogP contribution in [0.25, 0.3) is 0 Å². The highest BCUT2D eigenvalue weighted by atomic mass is 16.1. The molecule has 1 heteroatoms. The van der Waals surface area contributed by atoms with E-state index in [0.717, 1.165) is 12.8 Å². The lowest BCUT2D eigenvalue weighted by Crippen LogP contribution is -2.33. The highest BCUT2D eigenvalue weighted by Gasteiger charge is 2.33. The number of hydrogen-bond donors (Lipinski definition) is 0. The molecule has 2 atom stereocenters. The SMILES string of the molecule is CC1=C[C@H](C)[C@@H](C(=O)C(C)(C)C)CC1. The third-order valence-electron chi connectivity index (χ3n) is 3.11. The summed E-state index contributed by atoms with van der Waals surface area (Å²) in [5.41, 5.74) is 1.26. The van der Waals surface area contributed by atoms with Gasteiger partial charge in [0.15, 0.2) is 0 Å². The third kappa shape index (κ3) is 2.46. The molecule has 1 aliphatic carbocycles. The van der Waals surface area contributed by atoms with E-state index in [1.807, 2.05) is 20.8 Å². The van der Waals surface area contributed by atoms with Crippen LogP contribution in [-0.4, -0.2) is 5.78 Å². The lowest BCUT2D eigenvalue weighted by atomic mass is 9.72. The lowest BCUT2D eigenvalue weighted by molar-refractivity contribution is -0.131. The van der Waals surface area contributed by atoms with Gasteiger partial charge < -0.3 is 0 Å². The highest BCUT2D eigenvalue weighted by molar-refractivity contribution is 5.86. The minimum atomic E-state index is -0.183. The maximum Gasteiger partial charge on any atom is 0.141 e. The number of carbonyl (C=O) groups is 1. The zero-order chi connectivity index (χ0) is 10.9. The first-order chi connectivity index (χ1) is 6.32. The number of Topliss-reactive ketones (excluding diaryl/α,β-unsaturated/α-hetero) is 1. The standard InChI is InChI=1S/C13H22O/c1-9-6-7-11(10(2)8-9)12(14)13(3,4)5/h8,10-11H,6-7H2,1-5H3/t10-,11-/m0/s1. The van der Waals surface area contributed by atoms with E-state index < -0.39 is 0 Å². The van der Waals surface area contributed by atoms with Crippen LogP contribution in [-0.2, 0) is 4.79 Å². The predicted octanol–water partition coefficient (Wildman–Crippen LogP) is 3.59. The molecule has 0 spiro atoms. The fourth-order valence-electron chi connectivity index (χ4n) is 2.22. The minimum Gasteiger partial charge on any atom is -0.299 e. The quantitative estimate of drug-likeness (QED) is 0.583.